The highest BCUT2D eigenvalue weighted by molar-refractivity contribution is 8.24. The van der Waals surface area contributed by atoms with Gasteiger partial charge >= 0.3 is 5.97 Å². The third-order valence-corrected chi connectivity index (χ3v) is 9.56. The molecule has 0 amide bonds. The van der Waals surface area contributed by atoms with E-state index in [1.165, 1.54) is 11.3 Å². The highest BCUT2D eigenvalue weighted by atomic mass is 32.3. The molecule has 2 atom stereocenters. The number of carboxylic acid groups (broad SMARTS) is 1. The Morgan fingerprint density at radius 3 is 2.37 bits per heavy atom. The number of nitrogens with zero attached hydrogens (tertiary/aromatic N) is 2. The molecule has 3 N–H and O–H groups in total. The van der Waals surface area contributed by atoms with E-state index in [-0.39, 0.29) is 5.92 Å². The van der Waals surface area contributed by atoms with Crippen molar-refractivity contribution in [3.05, 3.63) is 60.3 Å². The number of ether oxygens (including phenoxy) is 1. The van der Waals surface area contributed by atoms with Crippen LogP contribution in [0.5, 0.6) is 10.9 Å². The Hall–Kier alpha value is -2.59. The normalized spacial score (nSPS) is 23.0. The Morgan fingerprint density at radius 1 is 1.00 bits per heavy atom. The smallest absolute Gasteiger partial charge is 0.307 e. The zero-order chi connectivity index (χ0) is 24.4. The number of anilines is 1. The molecule has 9 heteroatoms. The monoisotopic (exact) mass is 514 g/mol. The van der Waals surface area contributed by atoms with Crippen LogP contribution in [0.4, 0.5) is 5.69 Å². The predicted molar refractivity (Wildman–Crippen MR) is 141 cm³/mol. The molecule has 2 fully saturated rings. The van der Waals surface area contributed by atoms with Crippen LogP contribution in [0.25, 0.3) is 10.4 Å². The molecule has 35 heavy (non-hydrogen) atoms. The lowest BCUT2D eigenvalue weighted by Crippen LogP contribution is -2.38. The first-order valence-electron chi connectivity index (χ1n) is 11.9. The summed E-state index contributed by atoms with van der Waals surface area (Å²) in [5.41, 5.74) is 2.84. The molecule has 1 aromatic heterocycles. The fraction of sp³-hybridized carbons (Fsp3) is 0.385. The number of para-hydroxylation sites is 1. The summed E-state index contributed by atoms with van der Waals surface area (Å²) >= 11 is 1.45. The highest BCUT2D eigenvalue weighted by Gasteiger charge is 2.36. The van der Waals surface area contributed by atoms with Gasteiger partial charge < -0.3 is 14.7 Å². The van der Waals surface area contributed by atoms with Crippen molar-refractivity contribution in [3.8, 4) is 21.4 Å². The third kappa shape index (κ3) is 5.48. The van der Waals surface area contributed by atoms with E-state index in [2.05, 4.69) is 4.90 Å². The van der Waals surface area contributed by atoms with E-state index in [4.69, 9.17) is 9.72 Å². The molecule has 2 heterocycles. The summed E-state index contributed by atoms with van der Waals surface area (Å²) in [5, 5.41) is 10.4. The van der Waals surface area contributed by atoms with E-state index in [9.17, 15) is 19.0 Å². The number of aliphatic carboxylic acids is 1. The summed E-state index contributed by atoms with van der Waals surface area (Å²) in [6.07, 6.45) is 3.39. The highest BCUT2D eigenvalue weighted by Crippen LogP contribution is 2.47. The van der Waals surface area contributed by atoms with Crippen LogP contribution in [0.2, 0.25) is 0 Å². The van der Waals surface area contributed by atoms with Crippen LogP contribution in [-0.2, 0) is 4.79 Å². The summed E-state index contributed by atoms with van der Waals surface area (Å²) in [6.45, 7) is 1.23. The number of benzene rings is 2. The minimum Gasteiger partial charge on any atom is -0.481 e. The molecule has 2 aromatic carbocycles. The van der Waals surface area contributed by atoms with Crippen LogP contribution in [0.15, 0.2) is 54.6 Å². The van der Waals surface area contributed by atoms with Crippen molar-refractivity contribution in [2.45, 2.75) is 31.6 Å². The first-order valence-corrected chi connectivity index (χ1v) is 14.7. The van der Waals surface area contributed by atoms with Gasteiger partial charge in [0.1, 0.15) is 5.75 Å². The van der Waals surface area contributed by atoms with Gasteiger partial charge in [0.25, 0.3) is 5.19 Å². The van der Waals surface area contributed by atoms with Crippen LogP contribution in [-0.4, -0.2) is 49.8 Å². The summed E-state index contributed by atoms with van der Waals surface area (Å²) in [6, 6.07) is 17.7. The lowest BCUT2D eigenvalue weighted by atomic mass is 9.77. The lowest BCUT2D eigenvalue weighted by Gasteiger charge is -2.41. The van der Waals surface area contributed by atoms with E-state index >= 15 is 0 Å². The third-order valence-electron chi connectivity index (χ3n) is 6.89. The van der Waals surface area contributed by atoms with Crippen molar-refractivity contribution in [1.82, 2.24) is 4.98 Å². The molecule has 0 radical (unpaired) electrons. The van der Waals surface area contributed by atoms with Crippen LogP contribution in [0.3, 0.4) is 0 Å². The molecule has 2 unspecified atom stereocenters. The van der Waals surface area contributed by atoms with Gasteiger partial charge in [0.2, 0.25) is 0 Å². The standard InChI is InChI=1S/C26H30N2O5S2/c29-25(30)22-9-5-4-8-21(22)23-24(34-26(27-23)33-20-6-2-1-3-7-20)18-10-12-19(13-11-18)28-14-16-35(31,32)17-15-28/h1-3,6-7,10-13,21-22,31-32H,4-5,8-9,14-17H2,(H,29,30). The van der Waals surface area contributed by atoms with Crippen molar-refractivity contribution in [2.24, 2.45) is 5.92 Å². The van der Waals surface area contributed by atoms with E-state index in [0.29, 0.717) is 42.0 Å². The molecule has 1 aliphatic heterocycles. The molecular weight excluding hydrogens is 484 g/mol. The Kier molecular flexibility index (Phi) is 7.02. The van der Waals surface area contributed by atoms with Crippen molar-refractivity contribution >= 4 is 33.6 Å². The Bertz CT molecular complexity index is 1160. The van der Waals surface area contributed by atoms with Gasteiger partial charge in [0.15, 0.2) is 0 Å². The minimum absolute atomic E-state index is 0.146. The maximum atomic E-state index is 12.1. The molecule has 1 aliphatic carbocycles. The maximum Gasteiger partial charge on any atom is 0.307 e. The average molecular weight is 515 g/mol. The van der Waals surface area contributed by atoms with Crippen LogP contribution in [0.1, 0.15) is 37.3 Å². The lowest BCUT2D eigenvalue weighted by molar-refractivity contribution is -0.143. The van der Waals surface area contributed by atoms with Gasteiger partial charge in [0, 0.05) is 24.7 Å². The van der Waals surface area contributed by atoms with Crippen molar-refractivity contribution in [3.63, 3.8) is 0 Å². The quantitative estimate of drug-likeness (QED) is 0.343. The van der Waals surface area contributed by atoms with E-state index in [1.807, 2.05) is 54.6 Å². The van der Waals surface area contributed by atoms with Gasteiger partial charge in [-0.2, -0.15) is 10.6 Å². The molecule has 5 rings (SSSR count). The van der Waals surface area contributed by atoms with E-state index in [0.717, 1.165) is 41.1 Å². The number of rotatable bonds is 6. The Labute approximate surface area is 210 Å². The molecule has 1 saturated carbocycles. The Balaban J connectivity index is 1.46. The molecule has 2 aliphatic rings. The average Bonchev–Trinajstić information content (AvgIpc) is 3.28. The number of aromatic nitrogens is 1. The molecular formula is C26H30N2O5S2. The fourth-order valence-corrected chi connectivity index (χ4v) is 7.21. The van der Waals surface area contributed by atoms with Crippen molar-refractivity contribution in [1.29, 1.82) is 0 Å². The summed E-state index contributed by atoms with van der Waals surface area (Å²) in [4.78, 5) is 20.0. The predicted octanol–water partition coefficient (Wildman–Crippen LogP) is 6.53. The van der Waals surface area contributed by atoms with Gasteiger partial charge in [-0.1, -0.05) is 54.5 Å². The van der Waals surface area contributed by atoms with Crippen LogP contribution >= 0.6 is 21.9 Å². The molecule has 1 saturated heterocycles. The van der Waals surface area contributed by atoms with Gasteiger partial charge in [-0.25, -0.2) is 4.98 Å². The van der Waals surface area contributed by atoms with Crippen LogP contribution in [0, 0.1) is 5.92 Å². The van der Waals surface area contributed by atoms with Gasteiger partial charge in [-0.05, 0) is 42.7 Å². The minimum atomic E-state index is -2.44. The molecule has 0 spiro atoms. The summed E-state index contributed by atoms with van der Waals surface area (Å²) in [7, 11) is -2.44. The fourth-order valence-electron chi connectivity index (χ4n) is 4.96. The number of hydrogen-bond acceptors (Lipinski definition) is 7. The van der Waals surface area contributed by atoms with E-state index in [1.54, 1.807) is 0 Å². The number of carbonyl (C=O) groups is 1. The number of carboxylic acids is 1. The van der Waals surface area contributed by atoms with Gasteiger partial charge in [0.05, 0.1) is 28.0 Å². The number of thiazole rings is 1. The first kappa shape index (κ1) is 24.1. The van der Waals surface area contributed by atoms with E-state index < -0.39 is 22.5 Å². The summed E-state index contributed by atoms with van der Waals surface area (Å²) in [5.74, 6) is 0.141. The van der Waals surface area contributed by atoms with Crippen molar-refractivity contribution in [2.75, 3.05) is 29.5 Å². The summed E-state index contributed by atoms with van der Waals surface area (Å²) < 4.78 is 25.9. The zero-order valence-corrected chi connectivity index (χ0v) is 21.0. The molecule has 186 valence electrons. The first-order chi connectivity index (χ1) is 16.9. The SMILES string of the molecule is O=C(O)C1CCCCC1c1nc(Oc2ccccc2)sc1-c1ccc(N2CCS(O)(O)CC2)cc1. The van der Waals surface area contributed by atoms with Gasteiger partial charge in [-0.3, -0.25) is 13.9 Å². The van der Waals surface area contributed by atoms with Crippen molar-refractivity contribution < 1.29 is 23.7 Å². The largest absolute Gasteiger partial charge is 0.481 e. The molecule has 0 bridgehead atoms. The van der Waals surface area contributed by atoms with Gasteiger partial charge in [-0.15, -0.1) is 0 Å². The molecule has 3 aromatic rings. The number of hydrogen-bond donors (Lipinski definition) is 3. The second-order valence-electron chi connectivity index (χ2n) is 9.19. The Morgan fingerprint density at radius 2 is 1.69 bits per heavy atom. The van der Waals surface area contributed by atoms with Crippen LogP contribution < -0.4 is 9.64 Å². The second-order valence-corrected chi connectivity index (χ2v) is 12.6. The maximum absolute atomic E-state index is 12.1. The topological polar surface area (TPSA) is 103 Å². The second kappa shape index (κ2) is 10.2. The molecule has 7 nitrogen and oxygen atoms in total. The zero-order valence-electron chi connectivity index (χ0n) is 19.4.